The smallest absolute Gasteiger partial charge is 0.234 e. The van der Waals surface area contributed by atoms with Gasteiger partial charge in [-0.25, -0.2) is 0 Å². The molecule has 4 nitrogen and oxygen atoms in total. The molecule has 0 aliphatic carbocycles. The number of nitrogens with one attached hydrogen (secondary N) is 2. The van der Waals surface area contributed by atoms with Crippen LogP contribution in [0.3, 0.4) is 0 Å². The summed E-state index contributed by atoms with van der Waals surface area (Å²) in [6.45, 7) is 3.06. The third-order valence-electron chi connectivity index (χ3n) is 3.11. The molecule has 2 N–H and O–H groups in total. The molecular weight excluding hydrogens is 250 g/mol. The summed E-state index contributed by atoms with van der Waals surface area (Å²) in [6.07, 6.45) is 0. The van der Waals surface area contributed by atoms with E-state index in [0.29, 0.717) is 19.1 Å². The third-order valence-corrected chi connectivity index (χ3v) is 3.11. The Morgan fingerprint density at radius 3 is 2.61 bits per heavy atom. The molecule has 0 bridgehead atoms. The van der Waals surface area contributed by atoms with Crippen molar-refractivity contribution in [1.29, 1.82) is 0 Å². The zero-order chi connectivity index (χ0) is 12.1. The summed E-state index contributed by atoms with van der Waals surface area (Å²) in [7, 11) is 1.99. The molecule has 1 aliphatic rings. The van der Waals surface area contributed by atoms with Gasteiger partial charge in [0.15, 0.2) is 0 Å². The molecular formula is C13H20ClN3O. The van der Waals surface area contributed by atoms with Crippen molar-refractivity contribution >= 4 is 18.3 Å². The van der Waals surface area contributed by atoms with Crippen molar-refractivity contribution in [2.24, 2.45) is 0 Å². The molecule has 0 spiro atoms. The van der Waals surface area contributed by atoms with Gasteiger partial charge in [-0.05, 0) is 12.6 Å². The molecule has 5 heteroatoms. The molecule has 1 amide bonds. The largest absolute Gasteiger partial charge is 0.351 e. The van der Waals surface area contributed by atoms with Gasteiger partial charge in [0, 0.05) is 25.7 Å². The standard InChI is InChI=1S/C13H19N3O.ClH/c1-16(12-8-14-9-12)10-13(17)15-7-11-5-3-2-4-6-11;/h2-6,12,14H,7-10H2,1H3,(H,15,17);1H. The molecule has 1 saturated heterocycles. The minimum Gasteiger partial charge on any atom is -0.351 e. The predicted molar refractivity (Wildman–Crippen MR) is 74.8 cm³/mol. The lowest BCUT2D eigenvalue weighted by molar-refractivity contribution is -0.122. The number of amides is 1. The summed E-state index contributed by atoms with van der Waals surface area (Å²) in [4.78, 5) is 13.8. The lowest BCUT2D eigenvalue weighted by Crippen LogP contribution is -2.57. The zero-order valence-corrected chi connectivity index (χ0v) is 11.4. The number of hydrogen-bond donors (Lipinski definition) is 2. The Morgan fingerprint density at radius 1 is 1.39 bits per heavy atom. The highest BCUT2D eigenvalue weighted by Gasteiger charge is 2.22. The lowest BCUT2D eigenvalue weighted by atomic mass is 10.1. The summed E-state index contributed by atoms with van der Waals surface area (Å²) in [5.41, 5.74) is 1.13. The first-order valence-corrected chi connectivity index (χ1v) is 5.97. The van der Waals surface area contributed by atoms with Crippen molar-refractivity contribution in [2.75, 3.05) is 26.7 Å². The van der Waals surface area contributed by atoms with Gasteiger partial charge in [-0.15, -0.1) is 12.4 Å². The monoisotopic (exact) mass is 269 g/mol. The molecule has 1 fully saturated rings. The van der Waals surface area contributed by atoms with Gasteiger partial charge in [-0.3, -0.25) is 9.69 Å². The number of rotatable bonds is 5. The molecule has 0 saturated carbocycles. The zero-order valence-electron chi connectivity index (χ0n) is 10.6. The van der Waals surface area contributed by atoms with E-state index < -0.39 is 0 Å². The van der Waals surface area contributed by atoms with Gasteiger partial charge in [-0.2, -0.15) is 0 Å². The van der Waals surface area contributed by atoms with Crippen LogP contribution in [0.25, 0.3) is 0 Å². The Bertz CT molecular complexity index is 368. The number of likely N-dealkylation sites (N-methyl/N-ethyl adjacent to an activating group) is 1. The fourth-order valence-electron chi connectivity index (χ4n) is 1.79. The molecule has 18 heavy (non-hydrogen) atoms. The number of hydrogen-bond acceptors (Lipinski definition) is 3. The topological polar surface area (TPSA) is 44.4 Å². The SMILES string of the molecule is CN(CC(=O)NCc1ccccc1)C1CNC1.Cl. The van der Waals surface area contributed by atoms with Crippen LogP contribution < -0.4 is 10.6 Å². The molecule has 0 radical (unpaired) electrons. The summed E-state index contributed by atoms with van der Waals surface area (Å²) >= 11 is 0. The maximum absolute atomic E-state index is 11.7. The molecule has 1 aromatic carbocycles. The van der Waals surface area contributed by atoms with Crippen molar-refractivity contribution in [2.45, 2.75) is 12.6 Å². The maximum Gasteiger partial charge on any atom is 0.234 e. The summed E-state index contributed by atoms with van der Waals surface area (Å²) < 4.78 is 0. The van der Waals surface area contributed by atoms with Crippen LogP contribution in [0.4, 0.5) is 0 Å². The Morgan fingerprint density at radius 2 is 2.06 bits per heavy atom. The van der Waals surface area contributed by atoms with Crippen LogP contribution in [-0.4, -0.2) is 43.5 Å². The molecule has 2 rings (SSSR count). The molecule has 1 aromatic rings. The molecule has 100 valence electrons. The second-order valence-corrected chi connectivity index (χ2v) is 4.49. The molecule has 1 aliphatic heterocycles. The average molecular weight is 270 g/mol. The number of benzene rings is 1. The number of halogens is 1. The van der Waals surface area contributed by atoms with Crippen LogP contribution in [0.5, 0.6) is 0 Å². The van der Waals surface area contributed by atoms with Crippen LogP contribution in [0, 0.1) is 0 Å². The van der Waals surface area contributed by atoms with Gasteiger partial charge in [-0.1, -0.05) is 30.3 Å². The summed E-state index contributed by atoms with van der Waals surface area (Å²) in [5.74, 6) is 0.0863. The highest BCUT2D eigenvalue weighted by molar-refractivity contribution is 5.85. The number of carbonyl (C=O) groups excluding carboxylic acids is 1. The fraction of sp³-hybridized carbons (Fsp3) is 0.462. The summed E-state index contributed by atoms with van der Waals surface area (Å²) in [6, 6.07) is 10.5. The van der Waals surface area contributed by atoms with Crippen molar-refractivity contribution in [3.05, 3.63) is 35.9 Å². The van der Waals surface area contributed by atoms with E-state index in [9.17, 15) is 4.79 Å². The van der Waals surface area contributed by atoms with Gasteiger partial charge >= 0.3 is 0 Å². The Labute approximate surface area is 114 Å². The molecule has 0 aromatic heterocycles. The van der Waals surface area contributed by atoms with E-state index >= 15 is 0 Å². The Balaban J connectivity index is 0.00000162. The van der Waals surface area contributed by atoms with E-state index in [1.54, 1.807) is 0 Å². The van der Waals surface area contributed by atoms with Gasteiger partial charge < -0.3 is 10.6 Å². The Kier molecular flexibility index (Phi) is 6.12. The second kappa shape index (κ2) is 7.36. The van der Waals surface area contributed by atoms with E-state index in [-0.39, 0.29) is 18.3 Å². The molecule has 0 atom stereocenters. The van der Waals surface area contributed by atoms with Crippen LogP contribution in [-0.2, 0) is 11.3 Å². The highest BCUT2D eigenvalue weighted by atomic mass is 35.5. The second-order valence-electron chi connectivity index (χ2n) is 4.49. The van der Waals surface area contributed by atoms with Crippen molar-refractivity contribution in [3.63, 3.8) is 0 Å². The average Bonchev–Trinajstić information content (AvgIpc) is 2.25. The van der Waals surface area contributed by atoms with Gasteiger partial charge in [0.2, 0.25) is 5.91 Å². The Hall–Kier alpha value is -1.10. The van der Waals surface area contributed by atoms with Crippen molar-refractivity contribution in [1.82, 2.24) is 15.5 Å². The third kappa shape index (κ3) is 4.29. The van der Waals surface area contributed by atoms with E-state index in [2.05, 4.69) is 15.5 Å². The van der Waals surface area contributed by atoms with Gasteiger partial charge in [0.25, 0.3) is 0 Å². The van der Waals surface area contributed by atoms with E-state index in [1.165, 1.54) is 0 Å². The molecule has 1 heterocycles. The highest BCUT2D eigenvalue weighted by Crippen LogP contribution is 2.01. The van der Waals surface area contributed by atoms with Crippen molar-refractivity contribution in [3.8, 4) is 0 Å². The van der Waals surface area contributed by atoms with Gasteiger partial charge in [0.1, 0.15) is 0 Å². The number of carbonyl (C=O) groups is 1. The van der Waals surface area contributed by atoms with E-state index in [0.717, 1.165) is 18.7 Å². The van der Waals surface area contributed by atoms with E-state index in [1.807, 2.05) is 37.4 Å². The molecule has 0 unspecified atom stereocenters. The van der Waals surface area contributed by atoms with Crippen LogP contribution in [0.2, 0.25) is 0 Å². The maximum atomic E-state index is 11.7. The normalized spacial score (nSPS) is 14.8. The lowest BCUT2D eigenvalue weighted by Gasteiger charge is -2.35. The van der Waals surface area contributed by atoms with Crippen LogP contribution in [0.15, 0.2) is 30.3 Å². The minimum absolute atomic E-state index is 0. The minimum atomic E-state index is 0. The first kappa shape index (κ1) is 15.0. The first-order valence-electron chi connectivity index (χ1n) is 5.97. The summed E-state index contributed by atoms with van der Waals surface area (Å²) in [5, 5.41) is 6.13. The number of nitrogens with zero attached hydrogens (tertiary/aromatic N) is 1. The van der Waals surface area contributed by atoms with Crippen molar-refractivity contribution < 1.29 is 4.79 Å². The van der Waals surface area contributed by atoms with Crippen LogP contribution in [0.1, 0.15) is 5.56 Å². The fourth-order valence-corrected chi connectivity index (χ4v) is 1.79. The quantitative estimate of drug-likeness (QED) is 0.824. The van der Waals surface area contributed by atoms with Gasteiger partial charge in [0.05, 0.1) is 6.54 Å². The van der Waals surface area contributed by atoms with Crippen LogP contribution >= 0.6 is 12.4 Å². The van der Waals surface area contributed by atoms with E-state index in [4.69, 9.17) is 0 Å². The predicted octanol–water partition coefficient (Wildman–Crippen LogP) is 0.628. The first-order chi connectivity index (χ1) is 8.25.